The van der Waals surface area contributed by atoms with Gasteiger partial charge in [-0.05, 0) is 31.4 Å². The molecule has 1 aliphatic heterocycles. The first-order valence-corrected chi connectivity index (χ1v) is 10.5. The molecule has 1 saturated heterocycles. The molecular weight excluding hydrogens is 388 g/mol. The second kappa shape index (κ2) is 8.30. The summed E-state index contributed by atoms with van der Waals surface area (Å²) in [6, 6.07) is 1.98. The van der Waals surface area contributed by atoms with Crippen molar-refractivity contribution in [3.8, 4) is 11.4 Å². The van der Waals surface area contributed by atoms with Gasteiger partial charge in [0.1, 0.15) is 0 Å². The van der Waals surface area contributed by atoms with Gasteiger partial charge in [-0.3, -0.25) is 14.4 Å². The Bertz CT molecular complexity index is 1010. The van der Waals surface area contributed by atoms with Crippen molar-refractivity contribution in [2.45, 2.75) is 20.4 Å². The van der Waals surface area contributed by atoms with Crippen molar-refractivity contribution < 1.29 is 9.32 Å². The minimum Gasteiger partial charge on any atom is -0.338 e. The molecule has 3 aromatic heterocycles. The highest BCUT2D eigenvalue weighted by Gasteiger charge is 2.22. The predicted molar refractivity (Wildman–Crippen MR) is 111 cm³/mol. The molecule has 29 heavy (non-hydrogen) atoms. The monoisotopic (exact) mass is 412 g/mol. The highest BCUT2D eigenvalue weighted by molar-refractivity contribution is 7.08. The first-order chi connectivity index (χ1) is 14.0. The first kappa shape index (κ1) is 19.5. The molecule has 152 valence electrons. The van der Waals surface area contributed by atoms with Gasteiger partial charge < -0.3 is 9.42 Å². The second-order valence-corrected chi connectivity index (χ2v) is 7.95. The zero-order valence-electron chi connectivity index (χ0n) is 16.8. The zero-order chi connectivity index (χ0) is 20.4. The summed E-state index contributed by atoms with van der Waals surface area (Å²) in [4.78, 5) is 21.1. The van der Waals surface area contributed by atoms with E-state index in [0.29, 0.717) is 31.3 Å². The molecule has 0 aromatic carbocycles. The van der Waals surface area contributed by atoms with Crippen LogP contribution in [0.2, 0.25) is 0 Å². The number of hydrogen-bond donors (Lipinski definition) is 0. The summed E-state index contributed by atoms with van der Waals surface area (Å²) in [5.74, 6) is 1.26. The van der Waals surface area contributed by atoms with Crippen molar-refractivity contribution in [3.05, 3.63) is 45.7 Å². The van der Waals surface area contributed by atoms with Gasteiger partial charge in [-0.15, -0.1) is 0 Å². The lowest BCUT2D eigenvalue weighted by atomic mass is 10.2. The number of aryl methyl sites for hydroxylation is 2. The van der Waals surface area contributed by atoms with E-state index in [4.69, 9.17) is 4.52 Å². The third-order valence-electron chi connectivity index (χ3n) is 5.25. The standard InChI is InChI=1S/C20H24N6O2S/c1-14-17(15(2)24(3)22-14)4-5-19(27)26-9-7-25(8-10-26)12-18-21-20(23-28-18)16-6-11-29-13-16/h4-6,11,13H,7-10,12H2,1-3H3/b5-4+. The van der Waals surface area contributed by atoms with Gasteiger partial charge in [0.05, 0.1) is 12.2 Å². The molecule has 4 rings (SSSR count). The number of carbonyl (C=O) groups excluding carboxylic acids is 1. The molecule has 0 radical (unpaired) electrons. The van der Waals surface area contributed by atoms with Gasteiger partial charge in [-0.2, -0.15) is 21.4 Å². The van der Waals surface area contributed by atoms with E-state index in [-0.39, 0.29) is 5.91 Å². The summed E-state index contributed by atoms with van der Waals surface area (Å²) in [6.07, 6.45) is 3.52. The lowest BCUT2D eigenvalue weighted by Gasteiger charge is -2.33. The largest absolute Gasteiger partial charge is 0.338 e. The Morgan fingerprint density at radius 1 is 1.28 bits per heavy atom. The van der Waals surface area contributed by atoms with Gasteiger partial charge in [-0.1, -0.05) is 5.16 Å². The minimum atomic E-state index is 0.0323. The smallest absolute Gasteiger partial charge is 0.246 e. The fraction of sp³-hybridized carbons (Fsp3) is 0.400. The maximum Gasteiger partial charge on any atom is 0.246 e. The summed E-state index contributed by atoms with van der Waals surface area (Å²) in [6.45, 7) is 7.48. The van der Waals surface area contributed by atoms with E-state index < -0.39 is 0 Å². The van der Waals surface area contributed by atoms with Crippen molar-refractivity contribution in [2.75, 3.05) is 26.2 Å². The summed E-state index contributed by atoms with van der Waals surface area (Å²) in [5.41, 5.74) is 3.97. The van der Waals surface area contributed by atoms with Crippen LogP contribution in [0.3, 0.4) is 0 Å². The average Bonchev–Trinajstić information content (AvgIpc) is 3.44. The van der Waals surface area contributed by atoms with Crippen molar-refractivity contribution in [2.24, 2.45) is 7.05 Å². The van der Waals surface area contributed by atoms with E-state index in [1.54, 1.807) is 17.4 Å². The molecule has 0 N–H and O–H groups in total. The number of thiophene rings is 1. The first-order valence-electron chi connectivity index (χ1n) is 9.56. The van der Waals surface area contributed by atoms with E-state index in [1.165, 1.54) is 0 Å². The van der Waals surface area contributed by atoms with Gasteiger partial charge in [0.2, 0.25) is 17.6 Å². The van der Waals surface area contributed by atoms with Crippen LogP contribution in [-0.2, 0) is 18.4 Å². The van der Waals surface area contributed by atoms with Crippen LogP contribution in [0.25, 0.3) is 17.5 Å². The lowest BCUT2D eigenvalue weighted by molar-refractivity contribution is -0.127. The fourth-order valence-electron chi connectivity index (χ4n) is 3.44. The zero-order valence-corrected chi connectivity index (χ0v) is 17.6. The Labute approximate surface area is 173 Å². The summed E-state index contributed by atoms with van der Waals surface area (Å²) in [5, 5.41) is 12.4. The fourth-order valence-corrected chi connectivity index (χ4v) is 4.07. The molecule has 1 amide bonds. The molecule has 0 saturated carbocycles. The Hall–Kier alpha value is -2.78. The molecule has 8 nitrogen and oxygen atoms in total. The van der Waals surface area contributed by atoms with Crippen LogP contribution in [0, 0.1) is 13.8 Å². The predicted octanol–water partition coefficient (Wildman–Crippen LogP) is 2.51. The number of piperazine rings is 1. The van der Waals surface area contributed by atoms with Crippen LogP contribution in [0.4, 0.5) is 0 Å². The van der Waals surface area contributed by atoms with Crippen LogP contribution in [0.15, 0.2) is 27.4 Å². The number of carbonyl (C=O) groups is 1. The minimum absolute atomic E-state index is 0.0323. The number of nitrogens with zero attached hydrogens (tertiary/aromatic N) is 6. The summed E-state index contributed by atoms with van der Waals surface area (Å²) in [7, 11) is 1.91. The summed E-state index contributed by atoms with van der Waals surface area (Å²) >= 11 is 1.61. The van der Waals surface area contributed by atoms with Crippen LogP contribution in [-0.4, -0.2) is 61.8 Å². The molecule has 1 fully saturated rings. The number of hydrogen-bond acceptors (Lipinski definition) is 7. The molecule has 4 heterocycles. The Balaban J connectivity index is 1.30. The molecule has 0 atom stereocenters. The van der Waals surface area contributed by atoms with Gasteiger partial charge in [0, 0.05) is 61.5 Å². The summed E-state index contributed by atoms with van der Waals surface area (Å²) < 4.78 is 7.21. The quantitative estimate of drug-likeness (QED) is 0.599. The lowest BCUT2D eigenvalue weighted by Crippen LogP contribution is -2.47. The number of aromatic nitrogens is 4. The number of amides is 1. The van der Waals surface area contributed by atoms with Gasteiger partial charge >= 0.3 is 0 Å². The van der Waals surface area contributed by atoms with Crippen LogP contribution in [0.1, 0.15) is 22.8 Å². The highest BCUT2D eigenvalue weighted by Crippen LogP contribution is 2.19. The molecule has 0 spiro atoms. The molecule has 0 aliphatic carbocycles. The molecule has 3 aromatic rings. The maximum absolute atomic E-state index is 12.6. The average molecular weight is 413 g/mol. The van der Waals surface area contributed by atoms with E-state index in [9.17, 15) is 4.79 Å². The maximum atomic E-state index is 12.6. The molecular formula is C20H24N6O2S. The molecule has 1 aliphatic rings. The highest BCUT2D eigenvalue weighted by atomic mass is 32.1. The van der Waals surface area contributed by atoms with Crippen molar-refractivity contribution >= 4 is 23.3 Å². The van der Waals surface area contributed by atoms with Crippen molar-refractivity contribution in [1.82, 2.24) is 29.7 Å². The Morgan fingerprint density at radius 2 is 2.07 bits per heavy atom. The van der Waals surface area contributed by atoms with E-state index >= 15 is 0 Å². The Kier molecular flexibility index (Phi) is 5.59. The second-order valence-electron chi connectivity index (χ2n) is 7.17. The molecule has 0 unspecified atom stereocenters. The number of rotatable bonds is 5. The van der Waals surface area contributed by atoms with Crippen LogP contribution in [0.5, 0.6) is 0 Å². The SMILES string of the molecule is Cc1nn(C)c(C)c1/C=C/C(=O)N1CCN(Cc2nc(-c3ccsc3)no2)CC1. The Morgan fingerprint density at radius 3 is 2.72 bits per heavy atom. The normalized spacial score (nSPS) is 15.5. The van der Waals surface area contributed by atoms with Gasteiger partial charge in [-0.25, -0.2) is 0 Å². The van der Waals surface area contributed by atoms with Crippen molar-refractivity contribution in [1.29, 1.82) is 0 Å². The van der Waals surface area contributed by atoms with E-state index in [2.05, 4.69) is 20.1 Å². The molecule has 9 heteroatoms. The van der Waals surface area contributed by atoms with Crippen LogP contribution >= 0.6 is 11.3 Å². The van der Waals surface area contributed by atoms with Crippen molar-refractivity contribution in [3.63, 3.8) is 0 Å². The van der Waals surface area contributed by atoms with Gasteiger partial charge in [0.15, 0.2) is 0 Å². The van der Waals surface area contributed by atoms with E-state index in [0.717, 1.165) is 35.6 Å². The third kappa shape index (κ3) is 4.30. The van der Waals surface area contributed by atoms with Gasteiger partial charge in [0.25, 0.3) is 0 Å². The third-order valence-corrected chi connectivity index (χ3v) is 5.93. The molecule has 0 bridgehead atoms. The van der Waals surface area contributed by atoms with Crippen LogP contribution < -0.4 is 0 Å². The van der Waals surface area contributed by atoms with E-state index in [1.807, 2.05) is 53.4 Å². The topological polar surface area (TPSA) is 80.3 Å².